The molecule has 0 heterocycles. The fourth-order valence-corrected chi connectivity index (χ4v) is 2.90. The van der Waals surface area contributed by atoms with Crippen molar-refractivity contribution in [3.63, 3.8) is 0 Å². The average Bonchev–Trinajstić information content (AvgIpc) is 2.46. The van der Waals surface area contributed by atoms with Gasteiger partial charge in [-0.05, 0) is 37.0 Å². The van der Waals surface area contributed by atoms with Crippen LogP contribution in [0.3, 0.4) is 0 Å². The quantitative estimate of drug-likeness (QED) is 0.544. The third kappa shape index (κ3) is 1.21. The molecule has 2 rings (SSSR count). The molecule has 0 saturated heterocycles. The minimum atomic E-state index is 0.487. The number of carbonyl (C=O) groups excluding carboxylic acids is 1. The van der Waals surface area contributed by atoms with Gasteiger partial charge in [-0.15, -0.1) is 6.58 Å². The van der Waals surface area contributed by atoms with Gasteiger partial charge in [0, 0.05) is 12.8 Å². The van der Waals surface area contributed by atoms with Crippen LogP contribution < -0.4 is 0 Å². The highest BCUT2D eigenvalue weighted by molar-refractivity contribution is 5.79. The Kier molecular flexibility index (Phi) is 2.03. The van der Waals surface area contributed by atoms with E-state index >= 15 is 0 Å². The Balaban J connectivity index is 2.07. The highest BCUT2D eigenvalue weighted by Gasteiger charge is 2.38. The zero-order chi connectivity index (χ0) is 8.55. The van der Waals surface area contributed by atoms with Gasteiger partial charge in [-0.25, -0.2) is 0 Å². The van der Waals surface area contributed by atoms with Crippen molar-refractivity contribution in [3.05, 3.63) is 12.7 Å². The Hall–Kier alpha value is -0.590. The molecule has 3 atom stereocenters. The van der Waals surface area contributed by atoms with Crippen molar-refractivity contribution in [2.75, 3.05) is 0 Å². The van der Waals surface area contributed by atoms with Crippen molar-refractivity contribution >= 4 is 5.78 Å². The van der Waals surface area contributed by atoms with Gasteiger partial charge in [0.1, 0.15) is 5.78 Å². The van der Waals surface area contributed by atoms with Crippen LogP contribution in [0.4, 0.5) is 0 Å². The third-order valence-electron chi connectivity index (χ3n) is 3.58. The number of carbonyl (C=O) groups is 1. The van der Waals surface area contributed by atoms with Crippen LogP contribution in [0.25, 0.3) is 0 Å². The normalized spacial score (nSPS) is 41.0. The van der Waals surface area contributed by atoms with Gasteiger partial charge in [0.2, 0.25) is 0 Å². The maximum absolute atomic E-state index is 11.2. The summed E-state index contributed by atoms with van der Waals surface area (Å²) in [5, 5.41) is 0. The van der Waals surface area contributed by atoms with E-state index in [0.717, 1.165) is 25.2 Å². The lowest BCUT2D eigenvalue weighted by molar-refractivity contribution is -0.122. The Morgan fingerprint density at radius 1 is 1.33 bits per heavy atom. The van der Waals surface area contributed by atoms with Crippen LogP contribution in [-0.2, 0) is 4.79 Å². The zero-order valence-corrected chi connectivity index (χ0v) is 7.46. The summed E-state index contributed by atoms with van der Waals surface area (Å²) in [4.78, 5) is 11.2. The topological polar surface area (TPSA) is 17.1 Å². The SMILES string of the molecule is C=CC1CCC2CC(=O)CCC12. The van der Waals surface area contributed by atoms with Crippen LogP contribution in [0, 0.1) is 17.8 Å². The van der Waals surface area contributed by atoms with Crippen LogP contribution in [-0.4, -0.2) is 5.78 Å². The molecule has 1 nitrogen and oxygen atoms in total. The standard InChI is InChI=1S/C11H16O/c1-2-8-3-4-9-7-10(12)5-6-11(8)9/h2,8-9,11H,1,3-7H2. The molecule has 0 N–H and O–H groups in total. The molecule has 0 aromatic heterocycles. The zero-order valence-electron chi connectivity index (χ0n) is 7.46. The Labute approximate surface area is 73.8 Å². The van der Waals surface area contributed by atoms with Gasteiger partial charge in [0.25, 0.3) is 0 Å². The molecule has 0 bridgehead atoms. The van der Waals surface area contributed by atoms with E-state index in [0.29, 0.717) is 17.6 Å². The summed E-state index contributed by atoms with van der Waals surface area (Å²) in [6.07, 6.45) is 7.43. The molecule has 0 radical (unpaired) electrons. The highest BCUT2D eigenvalue weighted by Crippen LogP contribution is 2.45. The van der Waals surface area contributed by atoms with E-state index in [2.05, 4.69) is 12.7 Å². The number of fused-ring (bicyclic) bond motifs is 1. The summed E-state index contributed by atoms with van der Waals surface area (Å²) < 4.78 is 0. The predicted molar refractivity (Wildman–Crippen MR) is 48.8 cm³/mol. The Morgan fingerprint density at radius 2 is 2.17 bits per heavy atom. The molecule has 2 fully saturated rings. The van der Waals surface area contributed by atoms with E-state index in [9.17, 15) is 4.79 Å². The lowest BCUT2D eigenvalue weighted by atomic mass is 9.77. The molecule has 2 aliphatic rings. The molecule has 66 valence electrons. The fraction of sp³-hybridized carbons (Fsp3) is 0.727. The number of allylic oxidation sites excluding steroid dienone is 1. The maximum atomic E-state index is 11.2. The van der Waals surface area contributed by atoms with Gasteiger partial charge in [-0.3, -0.25) is 4.79 Å². The second kappa shape index (κ2) is 3.04. The predicted octanol–water partition coefficient (Wildman–Crippen LogP) is 2.57. The smallest absolute Gasteiger partial charge is 0.133 e. The maximum Gasteiger partial charge on any atom is 0.133 e. The van der Waals surface area contributed by atoms with Crippen molar-refractivity contribution in [1.29, 1.82) is 0 Å². The molecule has 0 aromatic rings. The largest absolute Gasteiger partial charge is 0.300 e. The van der Waals surface area contributed by atoms with Gasteiger partial charge < -0.3 is 0 Å². The van der Waals surface area contributed by atoms with Gasteiger partial charge in [0.05, 0.1) is 0 Å². The second-order valence-electron chi connectivity index (χ2n) is 4.18. The van der Waals surface area contributed by atoms with Crippen molar-refractivity contribution in [3.8, 4) is 0 Å². The lowest BCUT2D eigenvalue weighted by Crippen LogP contribution is -2.23. The molecule has 3 unspecified atom stereocenters. The molecule has 0 spiro atoms. The fourth-order valence-electron chi connectivity index (χ4n) is 2.90. The summed E-state index contributed by atoms with van der Waals surface area (Å²) in [6, 6.07) is 0. The van der Waals surface area contributed by atoms with Crippen LogP contribution in [0.15, 0.2) is 12.7 Å². The molecule has 1 heteroatoms. The van der Waals surface area contributed by atoms with Crippen molar-refractivity contribution in [1.82, 2.24) is 0 Å². The first-order valence-corrected chi connectivity index (χ1v) is 4.95. The number of rotatable bonds is 1. The summed E-state index contributed by atoms with van der Waals surface area (Å²) in [5.41, 5.74) is 0. The molecule has 0 aromatic carbocycles. The van der Waals surface area contributed by atoms with E-state index in [1.165, 1.54) is 12.8 Å². The number of hydrogen-bond acceptors (Lipinski definition) is 1. The van der Waals surface area contributed by atoms with E-state index in [-0.39, 0.29) is 0 Å². The van der Waals surface area contributed by atoms with E-state index in [1.807, 2.05) is 0 Å². The van der Waals surface area contributed by atoms with Crippen molar-refractivity contribution in [2.24, 2.45) is 17.8 Å². The number of hydrogen-bond donors (Lipinski definition) is 0. The van der Waals surface area contributed by atoms with Crippen LogP contribution in [0.1, 0.15) is 32.1 Å². The first-order valence-electron chi connectivity index (χ1n) is 4.95. The Morgan fingerprint density at radius 3 is 2.92 bits per heavy atom. The van der Waals surface area contributed by atoms with E-state index < -0.39 is 0 Å². The number of Topliss-reactive ketones (excluding diaryl/α,β-unsaturated/α-hetero) is 1. The molecule has 0 amide bonds. The molecule has 2 saturated carbocycles. The molecule has 12 heavy (non-hydrogen) atoms. The lowest BCUT2D eigenvalue weighted by Gasteiger charge is -2.26. The van der Waals surface area contributed by atoms with Crippen LogP contribution in [0.2, 0.25) is 0 Å². The van der Waals surface area contributed by atoms with Crippen molar-refractivity contribution in [2.45, 2.75) is 32.1 Å². The summed E-state index contributed by atoms with van der Waals surface area (Å²) in [6.45, 7) is 3.87. The van der Waals surface area contributed by atoms with Crippen LogP contribution in [0.5, 0.6) is 0 Å². The van der Waals surface area contributed by atoms with Crippen molar-refractivity contribution < 1.29 is 4.79 Å². The van der Waals surface area contributed by atoms with Gasteiger partial charge >= 0.3 is 0 Å². The minimum absolute atomic E-state index is 0.487. The van der Waals surface area contributed by atoms with Gasteiger partial charge in [-0.1, -0.05) is 6.08 Å². The average molecular weight is 164 g/mol. The monoisotopic (exact) mass is 164 g/mol. The van der Waals surface area contributed by atoms with E-state index in [1.54, 1.807) is 0 Å². The van der Waals surface area contributed by atoms with E-state index in [4.69, 9.17) is 0 Å². The first kappa shape index (κ1) is 8.03. The third-order valence-corrected chi connectivity index (χ3v) is 3.58. The molecular formula is C11H16O. The summed E-state index contributed by atoms with van der Waals surface area (Å²) in [7, 11) is 0. The Bertz CT molecular complexity index is 207. The highest BCUT2D eigenvalue weighted by atomic mass is 16.1. The van der Waals surface area contributed by atoms with Crippen LogP contribution >= 0.6 is 0 Å². The first-order chi connectivity index (χ1) is 5.81. The molecule has 0 aliphatic heterocycles. The number of ketones is 1. The minimum Gasteiger partial charge on any atom is -0.300 e. The second-order valence-corrected chi connectivity index (χ2v) is 4.18. The van der Waals surface area contributed by atoms with Gasteiger partial charge in [0.15, 0.2) is 0 Å². The molecule has 2 aliphatic carbocycles. The summed E-state index contributed by atoms with van der Waals surface area (Å²) >= 11 is 0. The molecular weight excluding hydrogens is 148 g/mol. The summed E-state index contributed by atoms with van der Waals surface area (Å²) in [5.74, 6) is 2.69. The van der Waals surface area contributed by atoms with Gasteiger partial charge in [-0.2, -0.15) is 0 Å².